The molecule has 0 spiro atoms. The van der Waals surface area contributed by atoms with E-state index in [0.29, 0.717) is 16.7 Å². The molecule has 1 atom stereocenters. The fourth-order valence-electron chi connectivity index (χ4n) is 1.90. The van der Waals surface area contributed by atoms with Crippen LogP contribution in [-0.2, 0) is 0 Å². The molecule has 2 rings (SSSR count). The summed E-state index contributed by atoms with van der Waals surface area (Å²) in [6.45, 7) is 3.47. The van der Waals surface area contributed by atoms with Crippen LogP contribution in [0.15, 0.2) is 30.3 Å². The predicted octanol–water partition coefficient (Wildman–Crippen LogP) is 5.56. The summed E-state index contributed by atoms with van der Waals surface area (Å²) < 4.78 is 27.2. The van der Waals surface area contributed by atoms with Gasteiger partial charge in [-0.2, -0.15) is 0 Å². The first kappa shape index (κ1) is 14.3. The molecule has 1 unspecified atom stereocenters. The lowest BCUT2D eigenvalue weighted by Gasteiger charge is -2.15. The van der Waals surface area contributed by atoms with E-state index in [4.69, 9.17) is 23.2 Å². The molecule has 0 aromatic heterocycles. The number of hydrogen-bond donors (Lipinski definition) is 0. The number of hydrogen-bond acceptors (Lipinski definition) is 0. The van der Waals surface area contributed by atoms with Crippen molar-refractivity contribution in [2.24, 2.45) is 0 Å². The van der Waals surface area contributed by atoms with Gasteiger partial charge in [-0.15, -0.1) is 11.6 Å². The minimum atomic E-state index is -0.744. The summed E-state index contributed by atoms with van der Waals surface area (Å²) in [6, 6.07) is 7.46. The fourth-order valence-corrected chi connectivity index (χ4v) is 2.56. The first-order chi connectivity index (χ1) is 8.90. The molecular weight excluding hydrogens is 289 g/mol. The molecule has 0 saturated carbocycles. The Morgan fingerprint density at radius 1 is 0.947 bits per heavy atom. The van der Waals surface area contributed by atoms with Crippen molar-refractivity contribution in [2.45, 2.75) is 19.2 Å². The van der Waals surface area contributed by atoms with Crippen molar-refractivity contribution in [3.63, 3.8) is 0 Å². The first-order valence-electron chi connectivity index (χ1n) is 5.76. The molecule has 0 heterocycles. The summed E-state index contributed by atoms with van der Waals surface area (Å²) in [5.74, 6) is -0.800. The van der Waals surface area contributed by atoms with E-state index in [1.165, 1.54) is 12.1 Å². The zero-order valence-corrected chi connectivity index (χ0v) is 12.0. The minimum Gasteiger partial charge on any atom is -0.207 e. The molecule has 0 nitrogen and oxygen atoms in total. The number of aryl methyl sites for hydroxylation is 2. The zero-order chi connectivity index (χ0) is 14.2. The summed E-state index contributed by atoms with van der Waals surface area (Å²) in [4.78, 5) is 0. The molecule has 0 radical (unpaired) electrons. The van der Waals surface area contributed by atoms with Crippen LogP contribution in [0.25, 0.3) is 0 Å². The number of rotatable bonds is 2. The van der Waals surface area contributed by atoms with E-state index in [9.17, 15) is 8.78 Å². The van der Waals surface area contributed by atoms with Crippen molar-refractivity contribution in [3.8, 4) is 0 Å². The SMILES string of the molecule is Cc1ccc(F)c(C(Cl)c2cc(C)c(F)cc2Cl)c1. The molecule has 0 fully saturated rings. The van der Waals surface area contributed by atoms with Gasteiger partial charge in [0, 0.05) is 10.6 Å². The predicted molar refractivity (Wildman–Crippen MR) is 75.0 cm³/mol. The Hall–Kier alpha value is -1.12. The maximum Gasteiger partial charge on any atom is 0.128 e. The summed E-state index contributed by atoms with van der Waals surface area (Å²) in [7, 11) is 0. The number of alkyl halides is 1. The molecule has 0 aliphatic rings. The highest BCUT2D eigenvalue weighted by Gasteiger charge is 2.19. The number of benzene rings is 2. The maximum atomic E-state index is 13.8. The topological polar surface area (TPSA) is 0 Å². The van der Waals surface area contributed by atoms with Gasteiger partial charge in [-0.25, -0.2) is 8.78 Å². The highest BCUT2D eigenvalue weighted by atomic mass is 35.5. The average Bonchev–Trinajstić information content (AvgIpc) is 2.36. The zero-order valence-electron chi connectivity index (χ0n) is 10.5. The molecule has 4 heteroatoms. The normalized spacial score (nSPS) is 12.5. The van der Waals surface area contributed by atoms with Gasteiger partial charge in [0.25, 0.3) is 0 Å². The van der Waals surface area contributed by atoms with Crippen molar-refractivity contribution in [1.82, 2.24) is 0 Å². The molecule has 0 amide bonds. The summed E-state index contributed by atoms with van der Waals surface area (Å²) in [5.41, 5.74) is 2.18. The maximum absolute atomic E-state index is 13.8. The molecule has 0 bridgehead atoms. The third-order valence-corrected chi connectivity index (χ3v) is 3.77. The Morgan fingerprint density at radius 3 is 2.32 bits per heavy atom. The Kier molecular flexibility index (Phi) is 4.12. The number of halogens is 4. The van der Waals surface area contributed by atoms with E-state index in [-0.39, 0.29) is 5.02 Å². The van der Waals surface area contributed by atoms with Crippen LogP contribution in [-0.4, -0.2) is 0 Å². The lowest BCUT2D eigenvalue weighted by Crippen LogP contribution is -2.00. The second kappa shape index (κ2) is 5.48. The third-order valence-electron chi connectivity index (χ3n) is 2.98. The van der Waals surface area contributed by atoms with Gasteiger partial charge in [0.2, 0.25) is 0 Å². The van der Waals surface area contributed by atoms with Gasteiger partial charge < -0.3 is 0 Å². The van der Waals surface area contributed by atoms with Crippen LogP contribution in [0.2, 0.25) is 5.02 Å². The second-order valence-corrected chi connectivity index (χ2v) is 5.35. The van der Waals surface area contributed by atoms with Crippen LogP contribution in [0, 0.1) is 25.5 Å². The van der Waals surface area contributed by atoms with Gasteiger partial charge in [-0.1, -0.05) is 29.3 Å². The van der Waals surface area contributed by atoms with Crippen LogP contribution in [0.5, 0.6) is 0 Å². The molecule has 0 N–H and O–H groups in total. The quantitative estimate of drug-likeness (QED) is 0.637. The first-order valence-corrected chi connectivity index (χ1v) is 6.57. The van der Waals surface area contributed by atoms with Crippen LogP contribution in [0.4, 0.5) is 8.78 Å². The van der Waals surface area contributed by atoms with Gasteiger partial charge in [0.15, 0.2) is 0 Å². The van der Waals surface area contributed by atoms with Crippen molar-refractivity contribution in [1.29, 1.82) is 0 Å². The van der Waals surface area contributed by atoms with Gasteiger partial charge in [-0.3, -0.25) is 0 Å². The smallest absolute Gasteiger partial charge is 0.128 e. The van der Waals surface area contributed by atoms with E-state index >= 15 is 0 Å². The molecular formula is C15H12Cl2F2. The van der Waals surface area contributed by atoms with Crippen molar-refractivity contribution >= 4 is 23.2 Å². The summed E-state index contributed by atoms with van der Waals surface area (Å²) in [5, 5.41) is -0.546. The Labute approximate surface area is 121 Å². The third kappa shape index (κ3) is 2.90. The van der Waals surface area contributed by atoms with E-state index in [2.05, 4.69) is 0 Å². The molecule has 100 valence electrons. The molecule has 0 saturated heterocycles. The standard InChI is InChI=1S/C15H12Cl2F2/c1-8-3-4-13(18)11(5-8)15(17)10-6-9(2)14(19)7-12(10)16/h3-7,15H,1-2H3. The highest BCUT2D eigenvalue weighted by molar-refractivity contribution is 6.33. The largest absolute Gasteiger partial charge is 0.207 e. The Morgan fingerprint density at radius 2 is 1.63 bits per heavy atom. The van der Waals surface area contributed by atoms with Crippen LogP contribution < -0.4 is 0 Å². The van der Waals surface area contributed by atoms with E-state index in [1.54, 1.807) is 25.1 Å². The average molecular weight is 301 g/mol. The highest BCUT2D eigenvalue weighted by Crippen LogP contribution is 2.36. The lowest BCUT2D eigenvalue weighted by molar-refractivity contribution is 0.610. The van der Waals surface area contributed by atoms with E-state index in [1.807, 2.05) is 6.92 Å². The molecule has 19 heavy (non-hydrogen) atoms. The Bertz CT molecular complexity index is 624. The van der Waals surface area contributed by atoms with Crippen molar-refractivity contribution < 1.29 is 8.78 Å². The van der Waals surface area contributed by atoms with Crippen LogP contribution >= 0.6 is 23.2 Å². The second-order valence-electron chi connectivity index (χ2n) is 4.51. The van der Waals surface area contributed by atoms with Gasteiger partial charge in [-0.05, 0) is 43.2 Å². The van der Waals surface area contributed by atoms with Crippen molar-refractivity contribution in [2.75, 3.05) is 0 Å². The molecule has 0 aliphatic carbocycles. The van der Waals surface area contributed by atoms with E-state index in [0.717, 1.165) is 5.56 Å². The van der Waals surface area contributed by atoms with Crippen molar-refractivity contribution in [3.05, 3.63) is 69.2 Å². The van der Waals surface area contributed by atoms with Crippen LogP contribution in [0.1, 0.15) is 27.6 Å². The Balaban J connectivity index is 2.52. The summed E-state index contributed by atoms with van der Waals surface area (Å²) in [6.07, 6.45) is 0. The molecule has 2 aromatic carbocycles. The monoisotopic (exact) mass is 300 g/mol. The van der Waals surface area contributed by atoms with Gasteiger partial charge in [0.05, 0.1) is 5.38 Å². The fraction of sp³-hybridized carbons (Fsp3) is 0.200. The molecule has 0 aliphatic heterocycles. The van der Waals surface area contributed by atoms with Crippen LogP contribution in [0.3, 0.4) is 0 Å². The van der Waals surface area contributed by atoms with Gasteiger partial charge in [0.1, 0.15) is 11.6 Å². The lowest BCUT2D eigenvalue weighted by atomic mass is 10.0. The minimum absolute atomic E-state index is 0.198. The van der Waals surface area contributed by atoms with E-state index < -0.39 is 17.0 Å². The summed E-state index contributed by atoms with van der Waals surface area (Å²) >= 11 is 12.3. The van der Waals surface area contributed by atoms with Gasteiger partial charge >= 0.3 is 0 Å². The molecule has 2 aromatic rings.